The Morgan fingerprint density at radius 2 is 0.774 bits per heavy atom. The fourth-order valence-corrected chi connectivity index (χ4v) is 9.17. The number of aromatic nitrogens is 3. The van der Waals surface area contributed by atoms with Crippen molar-refractivity contribution in [1.82, 2.24) is 15.0 Å². The van der Waals surface area contributed by atoms with Gasteiger partial charge in [-0.05, 0) is 85.3 Å². The zero-order valence-electron chi connectivity index (χ0n) is 33.7. The number of pyridine rings is 1. The zero-order chi connectivity index (χ0) is 41.0. The molecule has 2 heterocycles. The molecule has 62 heavy (non-hydrogen) atoms. The van der Waals surface area contributed by atoms with E-state index in [9.17, 15) is 0 Å². The molecule has 12 rings (SSSR count). The molecule has 3 nitrogen and oxygen atoms in total. The van der Waals surface area contributed by atoms with E-state index in [2.05, 4.69) is 212 Å². The lowest BCUT2D eigenvalue weighted by Crippen LogP contribution is -1.95. The normalized spacial score (nSPS) is 11.5. The topological polar surface area (TPSA) is 38.7 Å². The molecule has 2 aromatic heterocycles. The quantitative estimate of drug-likeness (QED) is 0.158. The molecule has 0 aliphatic carbocycles. The summed E-state index contributed by atoms with van der Waals surface area (Å²) in [6, 6.07) is 80.0. The highest BCUT2D eigenvalue weighted by Crippen LogP contribution is 2.43. The van der Waals surface area contributed by atoms with Crippen LogP contribution in [0.25, 0.3) is 121 Å². The highest BCUT2D eigenvalue weighted by molar-refractivity contribution is 6.25. The standard InChI is InChI=1S/C59H37N3/c1-2-13-38(14-3-1)40-27-32-43(33-28-40)59-61-55-24-11-9-22-51(55)57(62-59)42-30-25-41(26-31-42)45-17-12-18-46(35-45)52-37-53-56(49-20-7-6-19-48(49)52)50-21-8-10-23-54(50)60-58(53)47-34-29-39-15-4-5-16-44(39)36-47/h1-37H. The van der Waals surface area contributed by atoms with E-state index in [1.165, 1.54) is 43.6 Å². The summed E-state index contributed by atoms with van der Waals surface area (Å²) in [5.74, 6) is 0.713. The van der Waals surface area contributed by atoms with Gasteiger partial charge in [0.2, 0.25) is 0 Å². The van der Waals surface area contributed by atoms with Crippen LogP contribution < -0.4 is 0 Å². The minimum Gasteiger partial charge on any atom is -0.247 e. The van der Waals surface area contributed by atoms with Crippen LogP contribution in [0.15, 0.2) is 224 Å². The van der Waals surface area contributed by atoms with Gasteiger partial charge in [-0.15, -0.1) is 0 Å². The van der Waals surface area contributed by atoms with Crippen molar-refractivity contribution < 1.29 is 0 Å². The fourth-order valence-electron chi connectivity index (χ4n) is 9.17. The molecular weight excluding hydrogens is 751 g/mol. The van der Waals surface area contributed by atoms with Crippen molar-refractivity contribution in [2.45, 2.75) is 0 Å². The summed E-state index contributed by atoms with van der Waals surface area (Å²) in [7, 11) is 0. The van der Waals surface area contributed by atoms with Crippen molar-refractivity contribution in [1.29, 1.82) is 0 Å². The maximum Gasteiger partial charge on any atom is 0.160 e. The van der Waals surface area contributed by atoms with Gasteiger partial charge < -0.3 is 0 Å². The highest BCUT2D eigenvalue weighted by atomic mass is 14.9. The first-order valence-electron chi connectivity index (χ1n) is 21.1. The van der Waals surface area contributed by atoms with Crippen molar-refractivity contribution in [2.75, 3.05) is 0 Å². The molecule has 0 saturated heterocycles. The van der Waals surface area contributed by atoms with E-state index in [1.54, 1.807) is 0 Å². The molecule has 0 saturated carbocycles. The van der Waals surface area contributed by atoms with Gasteiger partial charge in [-0.1, -0.05) is 194 Å². The molecule has 0 fully saturated rings. The Morgan fingerprint density at radius 1 is 0.242 bits per heavy atom. The lowest BCUT2D eigenvalue weighted by Gasteiger charge is -2.17. The van der Waals surface area contributed by atoms with E-state index in [0.29, 0.717) is 5.82 Å². The highest BCUT2D eigenvalue weighted by Gasteiger charge is 2.18. The third kappa shape index (κ3) is 6.18. The van der Waals surface area contributed by atoms with Crippen LogP contribution in [0.1, 0.15) is 0 Å². The maximum atomic E-state index is 5.37. The Bertz CT molecular complexity index is 3670. The van der Waals surface area contributed by atoms with Gasteiger partial charge in [0, 0.05) is 38.2 Å². The number of hydrogen-bond acceptors (Lipinski definition) is 3. The van der Waals surface area contributed by atoms with Crippen molar-refractivity contribution >= 4 is 54.1 Å². The molecule has 0 amide bonds. The maximum absolute atomic E-state index is 5.37. The Labute approximate surface area is 359 Å². The van der Waals surface area contributed by atoms with Crippen LogP contribution in [0, 0.1) is 0 Å². The summed E-state index contributed by atoms with van der Waals surface area (Å²) in [6.45, 7) is 0. The van der Waals surface area contributed by atoms with Gasteiger partial charge in [-0.25, -0.2) is 15.0 Å². The van der Waals surface area contributed by atoms with Crippen LogP contribution in [0.3, 0.4) is 0 Å². The second-order valence-electron chi connectivity index (χ2n) is 15.9. The first kappa shape index (κ1) is 35.7. The van der Waals surface area contributed by atoms with Gasteiger partial charge >= 0.3 is 0 Å². The molecular formula is C59H37N3. The van der Waals surface area contributed by atoms with Gasteiger partial charge in [-0.2, -0.15) is 0 Å². The Hall–Kier alpha value is -8.27. The number of nitrogens with zero attached hydrogens (tertiary/aromatic N) is 3. The minimum absolute atomic E-state index is 0.713. The third-order valence-electron chi connectivity index (χ3n) is 12.2. The average Bonchev–Trinajstić information content (AvgIpc) is 3.35. The van der Waals surface area contributed by atoms with Crippen LogP contribution in [0.4, 0.5) is 0 Å². The molecule has 10 aromatic carbocycles. The predicted octanol–water partition coefficient (Wildman–Crippen LogP) is 15.6. The first-order valence-corrected chi connectivity index (χ1v) is 21.1. The summed E-state index contributed by atoms with van der Waals surface area (Å²) >= 11 is 0. The van der Waals surface area contributed by atoms with E-state index < -0.39 is 0 Å². The number of fused-ring (bicyclic) bond motifs is 7. The fraction of sp³-hybridized carbons (Fsp3) is 0. The Kier molecular flexibility index (Phi) is 8.50. The van der Waals surface area contributed by atoms with Crippen molar-refractivity contribution in [3.05, 3.63) is 224 Å². The van der Waals surface area contributed by atoms with Gasteiger partial charge in [0.05, 0.1) is 22.4 Å². The largest absolute Gasteiger partial charge is 0.247 e. The zero-order valence-corrected chi connectivity index (χ0v) is 33.7. The number of rotatable bonds is 6. The molecule has 0 bridgehead atoms. The van der Waals surface area contributed by atoms with Crippen LogP contribution in [-0.4, -0.2) is 15.0 Å². The van der Waals surface area contributed by atoms with E-state index in [0.717, 1.165) is 72.0 Å². The van der Waals surface area contributed by atoms with Crippen molar-refractivity contribution in [3.63, 3.8) is 0 Å². The Balaban J connectivity index is 0.954. The summed E-state index contributed by atoms with van der Waals surface area (Å²) in [4.78, 5) is 15.6. The molecule has 0 atom stereocenters. The first-order chi connectivity index (χ1) is 30.7. The average molecular weight is 788 g/mol. The SMILES string of the molecule is c1ccc(-c2ccc(-c3nc(-c4ccc(-c5cccc(-c6cc7c(-c8ccc9ccccc9c8)nc8ccccc8c7c7ccccc67)c5)cc4)c4ccccc4n3)cc2)cc1. The lowest BCUT2D eigenvalue weighted by atomic mass is 9.89. The van der Waals surface area contributed by atoms with Gasteiger partial charge in [-0.3, -0.25) is 0 Å². The van der Waals surface area contributed by atoms with Gasteiger partial charge in [0.15, 0.2) is 5.82 Å². The number of hydrogen-bond donors (Lipinski definition) is 0. The molecule has 3 heteroatoms. The Morgan fingerprint density at radius 3 is 1.56 bits per heavy atom. The summed E-state index contributed by atoms with van der Waals surface area (Å²) < 4.78 is 0. The number of para-hydroxylation sites is 2. The third-order valence-corrected chi connectivity index (χ3v) is 12.2. The molecule has 288 valence electrons. The lowest BCUT2D eigenvalue weighted by molar-refractivity contribution is 1.23. The van der Waals surface area contributed by atoms with E-state index in [-0.39, 0.29) is 0 Å². The molecule has 0 N–H and O–H groups in total. The molecule has 0 radical (unpaired) electrons. The van der Waals surface area contributed by atoms with Gasteiger partial charge in [0.25, 0.3) is 0 Å². The summed E-state index contributed by atoms with van der Waals surface area (Å²) in [5.41, 5.74) is 14.0. The second kappa shape index (κ2) is 14.8. The van der Waals surface area contributed by atoms with Crippen LogP contribution in [0.5, 0.6) is 0 Å². The smallest absolute Gasteiger partial charge is 0.160 e. The van der Waals surface area contributed by atoms with Crippen LogP contribution in [0.2, 0.25) is 0 Å². The second-order valence-corrected chi connectivity index (χ2v) is 15.9. The molecule has 0 aliphatic rings. The van der Waals surface area contributed by atoms with E-state index >= 15 is 0 Å². The molecule has 0 unspecified atom stereocenters. The summed E-state index contributed by atoms with van der Waals surface area (Å²) in [6.07, 6.45) is 0. The van der Waals surface area contributed by atoms with Crippen LogP contribution >= 0.6 is 0 Å². The van der Waals surface area contributed by atoms with Crippen molar-refractivity contribution in [3.8, 4) is 67.3 Å². The molecule has 0 spiro atoms. The number of benzene rings is 10. The van der Waals surface area contributed by atoms with Crippen molar-refractivity contribution in [2.24, 2.45) is 0 Å². The monoisotopic (exact) mass is 787 g/mol. The van der Waals surface area contributed by atoms with Gasteiger partial charge in [0.1, 0.15) is 0 Å². The molecule has 0 aliphatic heterocycles. The predicted molar refractivity (Wildman–Crippen MR) is 260 cm³/mol. The van der Waals surface area contributed by atoms with Crippen LogP contribution in [-0.2, 0) is 0 Å². The van der Waals surface area contributed by atoms with E-state index in [1.807, 2.05) is 12.1 Å². The minimum atomic E-state index is 0.713. The molecule has 12 aromatic rings. The summed E-state index contributed by atoms with van der Waals surface area (Å²) in [5, 5.41) is 9.43. The van der Waals surface area contributed by atoms with E-state index in [4.69, 9.17) is 15.0 Å².